The molecule has 0 saturated carbocycles. The van der Waals surface area contributed by atoms with Gasteiger partial charge in [0.1, 0.15) is 5.75 Å². The van der Waals surface area contributed by atoms with Crippen molar-refractivity contribution in [2.75, 3.05) is 26.7 Å². The molecule has 0 atom stereocenters. The first-order valence-corrected chi connectivity index (χ1v) is 7.35. The Kier molecular flexibility index (Phi) is 11.0. The van der Waals surface area contributed by atoms with E-state index < -0.39 is 0 Å². The smallest absolute Gasteiger partial charge is 0.124 e. The van der Waals surface area contributed by atoms with Gasteiger partial charge in [-0.1, -0.05) is 30.3 Å². The zero-order valence-electron chi connectivity index (χ0n) is 13.2. The van der Waals surface area contributed by atoms with Gasteiger partial charge in [-0.15, -0.1) is 24.8 Å². The van der Waals surface area contributed by atoms with Crippen LogP contribution in [0, 0.1) is 0 Å². The monoisotopic (exact) mass is 344 g/mol. The zero-order chi connectivity index (χ0) is 14.2. The van der Waals surface area contributed by atoms with Crippen molar-refractivity contribution in [1.29, 1.82) is 0 Å². The van der Waals surface area contributed by atoms with Gasteiger partial charge in [0.05, 0.1) is 6.61 Å². The van der Waals surface area contributed by atoms with Crippen LogP contribution in [-0.4, -0.2) is 26.7 Å². The van der Waals surface area contributed by atoms with Gasteiger partial charge in [-0.25, -0.2) is 0 Å². The SMILES string of the molecule is CCOc1ccc2ccccc2c1CNCCCNC.Cl.Cl. The van der Waals surface area contributed by atoms with Crippen LogP contribution in [0.3, 0.4) is 0 Å². The Hall–Kier alpha value is -1.00. The Morgan fingerprint density at radius 2 is 1.77 bits per heavy atom. The van der Waals surface area contributed by atoms with E-state index in [4.69, 9.17) is 4.74 Å². The molecule has 0 spiro atoms. The molecule has 0 bridgehead atoms. The van der Waals surface area contributed by atoms with Crippen molar-refractivity contribution in [3.05, 3.63) is 42.0 Å². The number of nitrogens with one attached hydrogen (secondary N) is 2. The number of fused-ring (bicyclic) bond motifs is 1. The second-order valence-electron chi connectivity index (χ2n) is 4.83. The average Bonchev–Trinajstić information content (AvgIpc) is 2.49. The van der Waals surface area contributed by atoms with Crippen molar-refractivity contribution in [3.63, 3.8) is 0 Å². The molecule has 0 heterocycles. The maximum Gasteiger partial charge on any atom is 0.124 e. The summed E-state index contributed by atoms with van der Waals surface area (Å²) in [4.78, 5) is 0. The number of benzene rings is 2. The van der Waals surface area contributed by atoms with Crippen molar-refractivity contribution in [1.82, 2.24) is 10.6 Å². The van der Waals surface area contributed by atoms with Crippen LogP contribution in [0.4, 0.5) is 0 Å². The molecule has 0 unspecified atom stereocenters. The summed E-state index contributed by atoms with van der Waals surface area (Å²) in [6.45, 7) is 5.63. The standard InChI is InChI=1S/C17H24N2O.2ClH/c1-3-20-17-10-9-14-7-4-5-8-15(14)16(17)13-19-12-6-11-18-2;;/h4-5,7-10,18-19H,3,6,11-13H2,1-2H3;2*1H. The lowest BCUT2D eigenvalue weighted by molar-refractivity contribution is 0.336. The highest BCUT2D eigenvalue weighted by molar-refractivity contribution is 5.87. The summed E-state index contributed by atoms with van der Waals surface area (Å²) < 4.78 is 5.77. The van der Waals surface area contributed by atoms with E-state index in [1.807, 2.05) is 14.0 Å². The second-order valence-corrected chi connectivity index (χ2v) is 4.83. The van der Waals surface area contributed by atoms with Crippen LogP contribution in [0.5, 0.6) is 5.75 Å². The van der Waals surface area contributed by atoms with Gasteiger partial charge in [0, 0.05) is 12.1 Å². The van der Waals surface area contributed by atoms with E-state index in [2.05, 4.69) is 47.0 Å². The molecule has 22 heavy (non-hydrogen) atoms. The van der Waals surface area contributed by atoms with E-state index in [0.29, 0.717) is 6.61 Å². The molecule has 0 aromatic heterocycles. The highest BCUT2D eigenvalue weighted by Crippen LogP contribution is 2.28. The van der Waals surface area contributed by atoms with E-state index in [0.717, 1.165) is 31.8 Å². The van der Waals surface area contributed by atoms with Crippen LogP contribution in [0.1, 0.15) is 18.9 Å². The van der Waals surface area contributed by atoms with E-state index in [1.165, 1.54) is 16.3 Å². The third-order valence-electron chi connectivity index (χ3n) is 3.38. The largest absolute Gasteiger partial charge is 0.494 e. The van der Waals surface area contributed by atoms with Crippen molar-refractivity contribution in [2.45, 2.75) is 19.9 Å². The van der Waals surface area contributed by atoms with Crippen LogP contribution in [0.25, 0.3) is 10.8 Å². The van der Waals surface area contributed by atoms with Gasteiger partial charge >= 0.3 is 0 Å². The molecule has 0 fully saturated rings. The van der Waals surface area contributed by atoms with Crippen molar-refractivity contribution in [2.24, 2.45) is 0 Å². The van der Waals surface area contributed by atoms with E-state index in [-0.39, 0.29) is 24.8 Å². The van der Waals surface area contributed by atoms with Crippen LogP contribution < -0.4 is 15.4 Å². The molecule has 0 radical (unpaired) electrons. The van der Waals surface area contributed by atoms with E-state index in [1.54, 1.807) is 0 Å². The molecule has 0 aliphatic carbocycles. The molecule has 2 N–H and O–H groups in total. The summed E-state index contributed by atoms with van der Waals surface area (Å²) in [5.41, 5.74) is 1.26. The maximum absolute atomic E-state index is 5.77. The molecule has 5 heteroatoms. The molecule has 124 valence electrons. The Morgan fingerprint density at radius 3 is 2.50 bits per heavy atom. The number of hydrogen-bond donors (Lipinski definition) is 2. The molecular formula is C17H26Cl2N2O. The fourth-order valence-corrected chi connectivity index (χ4v) is 2.39. The van der Waals surface area contributed by atoms with Gasteiger partial charge in [0.2, 0.25) is 0 Å². The normalized spacial score (nSPS) is 9.91. The Balaban J connectivity index is 0.00000220. The average molecular weight is 345 g/mol. The molecule has 2 rings (SSSR count). The molecular weight excluding hydrogens is 319 g/mol. The van der Waals surface area contributed by atoms with Gasteiger partial charge in [-0.05, 0) is 50.3 Å². The summed E-state index contributed by atoms with van der Waals surface area (Å²) in [6, 6.07) is 12.7. The van der Waals surface area contributed by atoms with Gasteiger partial charge in [-0.2, -0.15) is 0 Å². The minimum atomic E-state index is 0. The summed E-state index contributed by atoms with van der Waals surface area (Å²) in [5.74, 6) is 0.993. The third kappa shape index (κ3) is 5.65. The van der Waals surface area contributed by atoms with Crippen molar-refractivity contribution < 1.29 is 4.74 Å². The molecule has 2 aromatic rings. The second kappa shape index (κ2) is 11.6. The van der Waals surface area contributed by atoms with Crippen LogP contribution in [-0.2, 0) is 6.54 Å². The molecule has 3 nitrogen and oxygen atoms in total. The summed E-state index contributed by atoms with van der Waals surface area (Å²) in [6.07, 6.45) is 1.13. The van der Waals surface area contributed by atoms with Crippen LogP contribution >= 0.6 is 24.8 Å². The van der Waals surface area contributed by atoms with E-state index >= 15 is 0 Å². The van der Waals surface area contributed by atoms with Crippen molar-refractivity contribution in [3.8, 4) is 5.75 Å². The third-order valence-corrected chi connectivity index (χ3v) is 3.38. The molecule has 0 aliphatic heterocycles. The van der Waals surface area contributed by atoms with E-state index in [9.17, 15) is 0 Å². The predicted molar refractivity (Wildman–Crippen MR) is 99.9 cm³/mol. The Labute approximate surface area is 145 Å². The first kappa shape index (κ1) is 21.0. The first-order chi connectivity index (χ1) is 9.86. The lowest BCUT2D eigenvalue weighted by Gasteiger charge is -2.14. The maximum atomic E-state index is 5.77. The number of hydrogen-bond acceptors (Lipinski definition) is 3. The Bertz CT molecular complexity index is 549. The Morgan fingerprint density at radius 1 is 1.00 bits per heavy atom. The number of ether oxygens (including phenoxy) is 1. The zero-order valence-corrected chi connectivity index (χ0v) is 14.9. The van der Waals surface area contributed by atoms with Gasteiger partial charge in [0.25, 0.3) is 0 Å². The molecule has 0 aliphatic rings. The van der Waals surface area contributed by atoms with Crippen molar-refractivity contribution >= 4 is 35.6 Å². The minimum Gasteiger partial charge on any atom is -0.494 e. The molecule has 2 aromatic carbocycles. The lowest BCUT2D eigenvalue weighted by atomic mass is 10.0. The molecule has 0 amide bonds. The minimum absolute atomic E-state index is 0. The summed E-state index contributed by atoms with van der Waals surface area (Å²) in [7, 11) is 1.98. The molecule has 0 saturated heterocycles. The highest BCUT2D eigenvalue weighted by atomic mass is 35.5. The first-order valence-electron chi connectivity index (χ1n) is 7.35. The summed E-state index contributed by atoms with van der Waals surface area (Å²) >= 11 is 0. The van der Waals surface area contributed by atoms with Gasteiger partial charge in [-0.3, -0.25) is 0 Å². The lowest BCUT2D eigenvalue weighted by Crippen LogP contribution is -2.20. The fraction of sp³-hybridized carbons (Fsp3) is 0.412. The highest BCUT2D eigenvalue weighted by Gasteiger charge is 2.07. The van der Waals surface area contributed by atoms with Crippen LogP contribution in [0.2, 0.25) is 0 Å². The summed E-state index contributed by atoms with van der Waals surface area (Å²) in [5, 5.41) is 9.21. The predicted octanol–water partition coefficient (Wildman–Crippen LogP) is 3.78. The van der Waals surface area contributed by atoms with Gasteiger partial charge < -0.3 is 15.4 Å². The number of rotatable bonds is 8. The van der Waals surface area contributed by atoms with Crippen LogP contribution in [0.15, 0.2) is 36.4 Å². The number of halogens is 2. The quantitative estimate of drug-likeness (QED) is 0.715. The fourth-order valence-electron chi connectivity index (χ4n) is 2.39. The van der Waals surface area contributed by atoms with Gasteiger partial charge in [0.15, 0.2) is 0 Å². The topological polar surface area (TPSA) is 33.3 Å².